The van der Waals surface area contributed by atoms with Crippen LogP contribution < -0.4 is 4.90 Å². The molecule has 0 saturated carbocycles. The van der Waals surface area contributed by atoms with Gasteiger partial charge >= 0.3 is 0 Å². The first-order valence-electron chi connectivity index (χ1n) is 10.6. The van der Waals surface area contributed by atoms with Crippen LogP contribution in [0.25, 0.3) is 16.5 Å². The van der Waals surface area contributed by atoms with Crippen molar-refractivity contribution in [2.75, 3.05) is 38.6 Å². The Kier molecular flexibility index (Phi) is 4.90. The van der Waals surface area contributed by atoms with E-state index in [-0.39, 0.29) is 10.7 Å². The van der Waals surface area contributed by atoms with E-state index >= 15 is 0 Å². The molecule has 0 N–H and O–H groups in total. The summed E-state index contributed by atoms with van der Waals surface area (Å²) in [7, 11) is 0.208. The van der Waals surface area contributed by atoms with Crippen LogP contribution in [-0.2, 0) is 16.4 Å². The van der Waals surface area contributed by atoms with Gasteiger partial charge in [0.15, 0.2) is 0 Å². The van der Waals surface area contributed by atoms with Crippen molar-refractivity contribution >= 4 is 32.2 Å². The molecule has 31 heavy (non-hydrogen) atoms. The largest absolute Gasteiger partial charge is 0.374 e. The van der Waals surface area contributed by atoms with Crippen LogP contribution in [0.5, 0.6) is 0 Å². The van der Waals surface area contributed by atoms with Crippen LogP contribution in [0.1, 0.15) is 24.0 Å². The van der Waals surface area contributed by atoms with Crippen molar-refractivity contribution in [1.82, 2.24) is 8.87 Å². The highest BCUT2D eigenvalue weighted by Crippen LogP contribution is 2.35. The molecule has 2 aliphatic rings. The van der Waals surface area contributed by atoms with E-state index in [1.54, 1.807) is 24.4 Å². The van der Waals surface area contributed by atoms with E-state index < -0.39 is 10.0 Å². The third-order valence-electron chi connectivity index (χ3n) is 6.46. The van der Waals surface area contributed by atoms with Crippen molar-refractivity contribution in [3.8, 4) is 0 Å². The van der Waals surface area contributed by atoms with Gasteiger partial charge in [-0.2, -0.15) is 0 Å². The minimum absolute atomic E-state index is 0.255. The summed E-state index contributed by atoms with van der Waals surface area (Å²) in [5.74, 6) is -0.368. The van der Waals surface area contributed by atoms with Crippen LogP contribution in [0.15, 0.2) is 53.6 Å². The van der Waals surface area contributed by atoms with E-state index in [2.05, 4.69) is 15.9 Å². The zero-order valence-electron chi connectivity index (χ0n) is 17.8. The smallest absolute Gasteiger partial charge is 0.268 e. The number of aryl methyl sites for hydroxylation is 1. The number of halogens is 1. The standard InChI is InChI=1S/C24H26FN3O2S/c1-26-12-9-17(10-13-26)22-16-28(23-8-6-19(25)14-21(22)23)31(29,30)20-7-5-18-4-3-11-27(2)24(18)15-20/h5-9,14-16H,3-4,10-13H2,1-2H3. The third kappa shape index (κ3) is 3.46. The Morgan fingerprint density at radius 2 is 1.84 bits per heavy atom. The quantitative estimate of drug-likeness (QED) is 0.616. The maximum atomic E-state index is 14.1. The summed E-state index contributed by atoms with van der Waals surface area (Å²) in [6.45, 7) is 2.59. The number of hydrogen-bond donors (Lipinski definition) is 0. The molecule has 0 saturated heterocycles. The molecule has 0 fully saturated rings. The zero-order chi connectivity index (χ0) is 21.8. The average molecular weight is 440 g/mol. The Morgan fingerprint density at radius 3 is 2.61 bits per heavy atom. The number of hydrogen-bond acceptors (Lipinski definition) is 4. The van der Waals surface area contributed by atoms with E-state index in [1.165, 1.54) is 21.7 Å². The van der Waals surface area contributed by atoms with Gasteiger partial charge in [0.25, 0.3) is 10.0 Å². The third-order valence-corrected chi connectivity index (χ3v) is 8.12. The summed E-state index contributed by atoms with van der Waals surface area (Å²) < 4.78 is 42.8. The second-order valence-electron chi connectivity index (χ2n) is 8.56. The first-order valence-corrected chi connectivity index (χ1v) is 12.1. The molecule has 5 rings (SSSR count). The number of rotatable bonds is 3. The summed E-state index contributed by atoms with van der Waals surface area (Å²) in [4.78, 5) is 4.56. The fraction of sp³-hybridized carbons (Fsp3) is 0.333. The van der Waals surface area contributed by atoms with Crippen molar-refractivity contribution in [2.45, 2.75) is 24.2 Å². The lowest BCUT2D eigenvalue weighted by molar-refractivity contribution is 0.370. The van der Waals surface area contributed by atoms with Crippen LogP contribution in [0.4, 0.5) is 10.1 Å². The highest BCUT2D eigenvalue weighted by atomic mass is 32.2. The molecule has 1 aromatic heterocycles. The second-order valence-corrected chi connectivity index (χ2v) is 10.4. The van der Waals surface area contributed by atoms with Crippen molar-refractivity contribution < 1.29 is 12.8 Å². The summed E-state index contributed by atoms with van der Waals surface area (Å²) in [5, 5.41) is 0.634. The monoisotopic (exact) mass is 439 g/mol. The van der Waals surface area contributed by atoms with Gasteiger partial charge < -0.3 is 9.80 Å². The molecule has 0 bridgehead atoms. The Labute approximate surface area is 182 Å². The molecule has 7 heteroatoms. The topological polar surface area (TPSA) is 45.6 Å². The van der Waals surface area contributed by atoms with Crippen molar-refractivity contribution in [1.29, 1.82) is 0 Å². The van der Waals surface area contributed by atoms with Crippen molar-refractivity contribution in [3.63, 3.8) is 0 Å². The maximum absolute atomic E-state index is 14.1. The van der Waals surface area contributed by atoms with Gasteiger partial charge in [-0.05, 0) is 67.8 Å². The number of benzene rings is 2. The lowest BCUT2D eigenvalue weighted by atomic mass is 9.99. The summed E-state index contributed by atoms with van der Waals surface area (Å²) in [6.07, 6.45) is 6.60. The number of anilines is 1. The zero-order valence-corrected chi connectivity index (χ0v) is 18.6. The van der Waals surface area contributed by atoms with Crippen molar-refractivity contribution in [3.05, 3.63) is 65.6 Å². The molecule has 162 valence electrons. The van der Waals surface area contributed by atoms with Crippen LogP contribution in [0, 0.1) is 5.82 Å². The van der Waals surface area contributed by atoms with E-state index in [0.29, 0.717) is 10.9 Å². The van der Waals surface area contributed by atoms with Gasteiger partial charge in [0.05, 0.1) is 10.4 Å². The molecule has 0 unspecified atom stereocenters. The number of aromatic nitrogens is 1. The number of likely N-dealkylation sites (N-methyl/N-ethyl adjacent to an activating group) is 1. The molecule has 5 nitrogen and oxygen atoms in total. The van der Waals surface area contributed by atoms with E-state index in [1.807, 2.05) is 20.2 Å². The highest BCUT2D eigenvalue weighted by molar-refractivity contribution is 7.90. The molecule has 0 aliphatic carbocycles. The van der Waals surface area contributed by atoms with Crippen molar-refractivity contribution in [2.24, 2.45) is 0 Å². The predicted octanol–water partition coefficient (Wildman–Crippen LogP) is 4.12. The summed E-state index contributed by atoms with van der Waals surface area (Å²) in [6, 6.07) is 9.71. The maximum Gasteiger partial charge on any atom is 0.268 e. The molecule has 2 aliphatic heterocycles. The van der Waals surface area contributed by atoms with Gasteiger partial charge in [-0.1, -0.05) is 12.1 Å². The molecular formula is C24H26FN3O2S. The van der Waals surface area contributed by atoms with Gasteiger partial charge in [0.2, 0.25) is 0 Å². The number of nitrogens with zero attached hydrogens (tertiary/aromatic N) is 3. The minimum Gasteiger partial charge on any atom is -0.374 e. The van der Waals surface area contributed by atoms with Gasteiger partial charge in [0.1, 0.15) is 5.82 Å². The van der Waals surface area contributed by atoms with Gasteiger partial charge in [-0.15, -0.1) is 0 Å². The normalized spacial score (nSPS) is 17.6. The fourth-order valence-electron chi connectivity index (χ4n) is 4.65. The van der Waals surface area contributed by atoms with E-state index in [4.69, 9.17) is 0 Å². The Balaban J connectivity index is 1.67. The average Bonchev–Trinajstić information content (AvgIpc) is 3.14. The predicted molar refractivity (Wildman–Crippen MR) is 123 cm³/mol. The highest BCUT2D eigenvalue weighted by Gasteiger charge is 2.25. The second kappa shape index (κ2) is 7.50. The molecule has 2 aromatic carbocycles. The SMILES string of the molecule is CN1CC=C(c2cn(S(=O)(=O)c3ccc4c(c3)N(C)CCC4)c3ccc(F)cc23)CC1. The van der Waals surface area contributed by atoms with Gasteiger partial charge in [-0.25, -0.2) is 16.8 Å². The van der Waals surface area contributed by atoms with E-state index in [0.717, 1.165) is 55.7 Å². The van der Waals surface area contributed by atoms with Crippen LogP contribution >= 0.6 is 0 Å². The minimum atomic E-state index is -3.83. The van der Waals surface area contributed by atoms with Gasteiger partial charge in [0, 0.05) is 49.5 Å². The van der Waals surface area contributed by atoms with Crippen LogP contribution in [-0.4, -0.2) is 51.0 Å². The fourth-order valence-corrected chi connectivity index (χ4v) is 6.04. The molecule has 3 heterocycles. The Morgan fingerprint density at radius 1 is 1.00 bits per heavy atom. The molecule has 0 radical (unpaired) electrons. The summed E-state index contributed by atoms with van der Waals surface area (Å²) >= 11 is 0. The molecule has 3 aromatic rings. The lowest BCUT2D eigenvalue weighted by Crippen LogP contribution is -2.25. The number of fused-ring (bicyclic) bond motifs is 2. The van der Waals surface area contributed by atoms with Gasteiger partial charge in [-0.3, -0.25) is 0 Å². The Bertz CT molecular complexity index is 1310. The molecule has 0 spiro atoms. The van der Waals surface area contributed by atoms with Crippen LogP contribution in [0.3, 0.4) is 0 Å². The Hall–Kier alpha value is -2.64. The molecular weight excluding hydrogens is 413 g/mol. The molecule has 0 atom stereocenters. The first kappa shape index (κ1) is 20.3. The van der Waals surface area contributed by atoms with E-state index in [9.17, 15) is 12.8 Å². The molecule has 0 amide bonds. The summed E-state index contributed by atoms with van der Waals surface area (Å²) in [5.41, 5.74) is 4.49. The van der Waals surface area contributed by atoms with Crippen LogP contribution in [0.2, 0.25) is 0 Å². The first-order chi connectivity index (χ1) is 14.8. The lowest BCUT2D eigenvalue weighted by Gasteiger charge is -2.28.